The zero-order valence-corrected chi connectivity index (χ0v) is 69.1. The number of pyridine rings is 1. The summed E-state index contributed by atoms with van der Waals surface area (Å²) >= 11 is 2.78. The normalized spacial score (nSPS) is 26.7. The molecule has 5 aromatic rings. The molecular formula is C81H110N16O18S2. The second-order valence-electron chi connectivity index (χ2n) is 31.7. The fourth-order valence-corrected chi connectivity index (χ4v) is 15.9. The molecule has 34 nitrogen and oxygen atoms in total. The van der Waals surface area contributed by atoms with Crippen LogP contribution in [0, 0.1) is 5.92 Å². The number of H-pyrrole nitrogens is 1. The summed E-state index contributed by atoms with van der Waals surface area (Å²) in [7, 11) is 0. The number of nitrogens with zero attached hydrogens (tertiary/aromatic N) is 2. The molecule has 0 unspecified atom stereocenters. The van der Waals surface area contributed by atoms with E-state index in [2.05, 4.69) is 73.8 Å². The van der Waals surface area contributed by atoms with E-state index < -0.39 is 182 Å². The fraction of sp³-hybridized carbons (Fsp3) is 0.519. The van der Waals surface area contributed by atoms with Crippen LogP contribution in [0.15, 0.2) is 97.3 Å². The quantitative estimate of drug-likeness (QED) is 0.0855. The van der Waals surface area contributed by atoms with Gasteiger partial charge in [0, 0.05) is 85.0 Å². The molecule has 19 N–H and O–H groups in total. The molecule has 634 valence electrons. The molecule has 14 amide bonds. The Morgan fingerprint density at radius 3 is 1.79 bits per heavy atom. The van der Waals surface area contributed by atoms with Crippen LogP contribution in [0.2, 0.25) is 0 Å². The van der Waals surface area contributed by atoms with Gasteiger partial charge in [0.15, 0.2) is 0 Å². The number of primary amides is 1. The summed E-state index contributed by atoms with van der Waals surface area (Å²) < 4.78 is -1.20. The van der Waals surface area contributed by atoms with E-state index in [9.17, 15) is 63.6 Å². The van der Waals surface area contributed by atoms with Gasteiger partial charge in [0.2, 0.25) is 82.7 Å². The number of aliphatic hydroxyl groups excluding tert-OH is 2. The number of aromatic amines is 1. The number of phenols is 2. The number of aromatic nitrogens is 2. The second-order valence-corrected chi connectivity index (χ2v) is 34.6. The molecule has 3 aromatic carbocycles. The van der Waals surface area contributed by atoms with Crippen molar-refractivity contribution in [1.29, 1.82) is 0 Å². The predicted molar refractivity (Wildman–Crippen MR) is 436 cm³/mol. The van der Waals surface area contributed by atoms with Gasteiger partial charge in [-0.2, -0.15) is 11.8 Å². The maximum absolute atomic E-state index is 15.8. The van der Waals surface area contributed by atoms with Gasteiger partial charge in [-0.3, -0.25) is 67.1 Å². The number of hydrogen-bond acceptors (Lipinski definition) is 21. The number of nitrogens with two attached hydrogens (primary N) is 1. The fourth-order valence-electron chi connectivity index (χ4n) is 13.6. The van der Waals surface area contributed by atoms with E-state index in [-0.39, 0.29) is 88.8 Å². The molecule has 117 heavy (non-hydrogen) atoms. The molecule has 14 atom stereocenters. The van der Waals surface area contributed by atoms with Gasteiger partial charge < -0.3 is 99.8 Å². The Bertz CT molecular complexity index is 4430. The van der Waals surface area contributed by atoms with Crippen molar-refractivity contribution in [2.75, 3.05) is 13.1 Å². The van der Waals surface area contributed by atoms with Crippen LogP contribution in [0.5, 0.6) is 11.5 Å². The van der Waals surface area contributed by atoms with Crippen LogP contribution >= 0.6 is 23.5 Å². The minimum Gasteiger partial charge on any atom is -0.508 e. The van der Waals surface area contributed by atoms with Gasteiger partial charge in [0.1, 0.15) is 88.6 Å². The molecule has 6 heterocycles. The molecule has 36 heteroatoms. The van der Waals surface area contributed by atoms with E-state index in [1.54, 1.807) is 58.2 Å². The van der Waals surface area contributed by atoms with Crippen LogP contribution in [0.25, 0.3) is 11.0 Å². The predicted octanol–water partition coefficient (Wildman–Crippen LogP) is 0.476. The highest BCUT2D eigenvalue weighted by atomic mass is 32.2. The molecule has 4 aliphatic rings. The number of thioether (sulfide) groups is 2. The second kappa shape index (κ2) is 40.8. The van der Waals surface area contributed by atoms with E-state index in [1.165, 1.54) is 119 Å². The van der Waals surface area contributed by atoms with Crippen LogP contribution < -0.4 is 69.5 Å². The van der Waals surface area contributed by atoms with Crippen molar-refractivity contribution in [3.63, 3.8) is 0 Å². The van der Waals surface area contributed by atoms with Crippen molar-refractivity contribution < 1.29 is 87.5 Å². The highest BCUT2D eigenvalue weighted by Crippen LogP contribution is 2.35. The number of nitrogens with one attached hydrogen (secondary N) is 13. The number of phenolic OH excluding ortho intramolecular Hbond substituents is 2. The Labute approximate surface area is 687 Å². The molecule has 2 aromatic heterocycles. The van der Waals surface area contributed by atoms with Crippen LogP contribution in [0.4, 0.5) is 0 Å². The number of rotatable bonds is 11. The molecule has 0 aliphatic carbocycles. The van der Waals surface area contributed by atoms with Crippen LogP contribution in [-0.2, 0) is 97.9 Å². The summed E-state index contributed by atoms with van der Waals surface area (Å²) in [5, 5.41) is 75.3. The third-order valence-corrected chi connectivity index (χ3v) is 23.9. The highest BCUT2D eigenvalue weighted by Gasteiger charge is 2.48. The van der Waals surface area contributed by atoms with E-state index in [0.29, 0.717) is 39.2 Å². The van der Waals surface area contributed by atoms with Crippen molar-refractivity contribution in [3.8, 4) is 11.5 Å². The first-order chi connectivity index (χ1) is 55.1. The lowest BCUT2D eigenvalue weighted by atomic mass is 9.86. The maximum Gasteiger partial charge on any atom is 0.246 e. The number of carbonyl (C=O) groups is 14. The minimum absolute atomic E-state index is 0.00473. The molecule has 0 spiro atoms. The number of hydrogen-bond donors (Lipinski definition) is 18. The molecule has 2 saturated heterocycles. The largest absolute Gasteiger partial charge is 0.508 e. The van der Waals surface area contributed by atoms with E-state index in [1.807, 2.05) is 24.3 Å². The standard InChI is InChI=1S/C81H110N16O18S2/c1-42(2)81(11)78(115)93-64(45(5)99)74(111)88-56(66(82)104)18-14-19-62(103)83-32-13-12-17-57(87-46(6)100)69(106)94-65-75(112)91-60(35-48-26-30-53(102)31-27-48)76(113)97-39-54(116-40-49-20-22-50(23-21-49)41-117-80(65,9)10)37-61(97)72(109)92-63(44(4)98)73(110)90-59(36-51-38-85-67-55(51)16-15-33-84-67)70(107)95-79(7,8)77(114)86-43(3)68(105)89-58(71(108)96-81)34-47-24-28-52(101)29-25-47/h15-16,20-31,33,38,42-45,54,56-61,63-65,98-99,101-102H,12-14,17-19,32,34-37,39-41H2,1-11H3,(H2,82,104)(H,83,103)(H,84,85)(H,86,114)(H,87,100)(H,88,111)(H,89,105)(H,90,110)(H,91,112)(H,92,109)(H,93,115)(H,94,106)(H,95,107)(H,96,108)/t43-,44+,45+,54+,56-,57-,58-,59-,60-,61-,63-,64-,65+,81-/m0/s1. The van der Waals surface area contributed by atoms with Crippen molar-refractivity contribution in [1.82, 2.24) is 78.7 Å². The summed E-state index contributed by atoms with van der Waals surface area (Å²) in [6.07, 6.45) is -0.899. The van der Waals surface area contributed by atoms with Crippen molar-refractivity contribution in [2.45, 2.75) is 246 Å². The molecular weight excluding hydrogens is 1550 g/mol. The Balaban J connectivity index is 1.15. The minimum atomic E-state index is -1.94. The number of amides is 14. The average molecular weight is 1660 g/mol. The lowest BCUT2D eigenvalue weighted by Gasteiger charge is -2.36. The van der Waals surface area contributed by atoms with Crippen molar-refractivity contribution >= 4 is 117 Å². The van der Waals surface area contributed by atoms with Crippen LogP contribution in [0.3, 0.4) is 0 Å². The monoisotopic (exact) mass is 1660 g/mol. The molecule has 2 fully saturated rings. The molecule has 0 radical (unpaired) electrons. The zero-order valence-electron chi connectivity index (χ0n) is 67.5. The number of aliphatic hydroxyl groups is 2. The summed E-state index contributed by atoms with van der Waals surface area (Å²) in [6, 6.07) is 7.25. The number of aromatic hydroxyl groups is 2. The zero-order chi connectivity index (χ0) is 86.0. The first kappa shape index (κ1) is 91.7. The number of benzene rings is 3. The molecule has 9 rings (SSSR count). The Morgan fingerprint density at radius 1 is 0.615 bits per heavy atom. The Morgan fingerprint density at radius 2 is 1.19 bits per heavy atom. The van der Waals surface area contributed by atoms with E-state index >= 15 is 24.0 Å². The first-order valence-electron chi connectivity index (χ1n) is 39.0. The van der Waals surface area contributed by atoms with Gasteiger partial charge in [0.25, 0.3) is 0 Å². The lowest BCUT2D eigenvalue weighted by Crippen LogP contribution is -2.67. The molecule has 4 aliphatic heterocycles. The number of fused-ring (bicyclic) bond motifs is 6. The van der Waals surface area contributed by atoms with Crippen LogP contribution in [-0.4, -0.2) is 225 Å². The van der Waals surface area contributed by atoms with Crippen molar-refractivity contribution in [2.24, 2.45) is 11.7 Å². The van der Waals surface area contributed by atoms with Gasteiger partial charge in [-0.25, -0.2) is 4.98 Å². The lowest BCUT2D eigenvalue weighted by molar-refractivity contribution is -0.143. The van der Waals surface area contributed by atoms with E-state index in [0.717, 1.165) is 11.1 Å². The smallest absolute Gasteiger partial charge is 0.246 e. The summed E-state index contributed by atoms with van der Waals surface area (Å²) in [6.45, 7) is 15.5. The maximum atomic E-state index is 15.8. The SMILES string of the molecule is CC(=O)N[C@H]1CCCCNC(=O)CCC[C@@H](C(N)=O)NC(=O)[C@H]([C@@H](C)O)NC(=O)[C@](C)(C(C)C)NC(=O)[C@H](Cc2ccc(O)cc2)NC(=O)[C@H](C)NC(=O)C(C)(C)NC(=O)[C@H](Cc2c[nH]c3ncccc23)NC(=O)[C@H]([C@@H](C)O)NC(=O)[C@@H]2C[C@@H]3CN2C(=O)[C@H](Cc2ccc(O)cc2)NC(=O)[C@@H](NC1=O)C(C)(C)SCc1ccc(cc1)CS3. The van der Waals surface area contributed by atoms with Crippen molar-refractivity contribution in [3.05, 3.63) is 125 Å². The Kier molecular flexibility index (Phi) is 32.0. The van der Waals surface area contributed by atoms with Gasteiger partial charge in [-0.05, 0) is 164 Å². The molecule has 0 saturated carbocycles. The van der Waals surface area contributed by atoms with E-state index in [4.69, 9.17) is 5.73 Å². The number of carbonyl (C=O) groups excluding carboxylic acids is 14. The topological polar surface area (TPSA) is 522 Å². The van der Waals surface area contributed by atoms with Gasteiger partial charge >= 0.3 is 0 Å². The summed E-state index contributed by atoms with van der Waals surface area (Å²) in [5.41, 5.74) is 5.35. The van der Waals surface area contributed by atoms with Gasteiger partial charge in [0.05, 0.1) is 12.2 Å². The van der Waals surface area contributed by atoms with Gasteiger partial charge in [-0.1, -0.05) is 62.4 Å². The average Bonchev–Trinajstić information content (AvgIpc) is 1.57. The first-order valence-corrected chi connectivity index (χ1v) is 41.0. The third kappa shape index (κ3) is 25.3. The van der Waals surface area contributed by atoms with Crippen LogP contribution in [0.1, 0.15) is 149 Å². The summed E-state index contributed by atoms with van der Waals surface area (Å²) in [5.74, 6) is -12.6. The van der Waals surface area contributed by atoms with Gasteiger partial charge in [-0.15, -0.1) is 11.8 Å². The Hall–Kier alpha value is -10.9. The third-order valence-electron chi connectivity index (χ3n) is 21.2. The summed E-state index contributed by atoms with van der Waals surface area (Å²) in [4.78, 5) is 211. The molecule has 5 bridgehead atoms. The highest BCUT2D eigenvalue weighted by molar-refractivity contribution is 8.00.